The van der Waals surface area contributed by atoms with Crippen LogP contribution in [0.2, 0.25) is 0 Å². The van der Waals surface area contributed by atoms with Crippen molar-refractivity contribution in [3.8, 4) is 5.82 Å². The summed E-state index contributed by atoms with van der Waals surface area (Å²) in [4.78, 5) is 53.3. The topological polar surface area (TPSA) is 170 Å². The minimum Gasteiger partial charge on any atom is -0.475 e. The lowest BCUT2D eigenvalue weighted by Crippen LogP contribution is -2.52. The zero-order valence-corrected chi connectivity index (χ0v) is 24.2. The van der Waals surface area contributed by atoms with Gasteiger partial charge >= 0.3 is 12.1 Å². The quantitative estimate of drug-likeness (QED) is 0.301. The van der Waals surface area contributed by atoms with Crippen LogP contribution in [-0.4, -0.2) is 85.9 Å². The average molecular weight is 631 g/mol. The molecule has 1 saturated carbocycles. The van der Waals surface area contributed by atoms with Crippen molar-refractivity contribution in [2.45, 2.75) is 63.0 Å². The van der Waals surface area contributed by atoms with Crippen molar-refractivity contribution in [3.63, 3.8) is 0 Å². The van der Waals surface area contributed by atoms with E-state index in [2.05, 4.69) is 15.2 Å². The van der Waals surface area contributed by atoms with Gasteiger partial charge in [0, 0.05) is 37.9 Å². The fourth-order valence-corrected chi connectivity index (χ4v) is 5.37. The molecule has 5 rings (SSSR count). The second-order valence-electron chi connectivity index (χ2n) is 10.6. The number of carboxylic acid groups (broad SMARTS) is 1. The number of ketones is 1. The van der Waals surface area contributed by atoms with Crippen LogP contribution >= 0.6 is 0 Å². The zero-order chi connectivity index (χ0) is 32.6. The molecule has 3 atom stereocenters. The number of rotatable bonds is 9. The lowest BCUT2D eigenvalue weighted by atomic mass is 9.90. The third-order valence-electron chi connectivity index (χ3n) is 7.49. The largest absolute Gasteiger partial charge is 0.490 e. The molecule has 4 N–H and O–H groups in total. The molecule has 12 nitrogen and oxygen atoms in total. The fourth-order valence-electron chi connectivity index (χ4n) is 5.37. The number of alkyl halides is 3. The van der Waals surface area contributed by atoms with Crippen LogP contribution in [0.4, 0.5) is 13.2 Å². The number of ether oxygens (including phenoxy) is 1. The van der Waals surface area contributed by atoms with Gasteiger partial charge in [0.1, 0.15) is 6.04 Å². The van der Waals surface area contributed by atoms with Crippen LogP contribution in [0.1, 0.15) is 47.3 Å². The number of amides is 2. The van der Waals surface area contributed by atoms with Gasteiger partial charge in [-0.05, 0) is 36.6 Å². The summed E-state index contributed by atoms with van der Waals surface area (Å²) in [6.45, 7) is 2.28. The Hall–Kier alpha value is -4.63. The van der Waals surface area contributed by atoms with Gasteiger partial charge in [-0.15, -0.1) is 0 Å². The van der Waals surface area contributed by atoms with E-state index in [4.69, 9.17) is 25.5 Å². The molecule has 2 aromatic heterocycles. The highest BCUT2D eigenvalue weighted by atomic mass is 19.4. The van der Waals surface area contributed by atoms with Gasteiger partial charge in [-0.25, -0.2) is 14.5 Å². The molecule has 1 aliphatic carbocycles. The van der Waals surface area contributed by atoms with E-state index in [1.807, 2.05) is 36.4 Å². The van der Waals surface area contributed by atoms with E-state index in [-0.39, 0.29) is 18.1 Å². The monoisotopic (exact) mass is 630 g/mol. The number of nitrogens with two attached hydrogens (primary N) is 1. The predicted octanol–water partition coefficient (Wildman–Crippen LogP) is 2.44. The average Bonchev–Trinajstić information content (AvgIpc) is 3.49. The molecule has 3 aromatic rings. The summed E-state index contributed by atoms with van der Waals surface area (Å²) in [5, 5.41) is 14.5. The number of pyridine rings is 1. The Balaban J connectivity index is 0.000000591. The van der Waals surface area contributed by atoms with Crippen molar-refractivity contribution in [2.24, 2.45) is 5.73 Å². The van der Waals surface area contributed by atoms with Crippen molar-refractivity contribution < 1.29 is 42.2 Å². The molecular weight excluding hydrogens is 597 g/mol. The first-order chi connectivity index (χ1) is 21.4. The number of hydrogen-bond acceptors (Lipinski definition) is 8. The molecular formula is C30H33F3N6O6. The number of primary amides is 1. The molecule has 0 spiro atoms. The summed E-state index contributed by atoms with van der Waals surface area (Å²) in [6, 6.07) is 13.6. The van der Waals surface area contributed by atoms with Crippen molar-refractivity contribution in [1.82, 2.24) is 25.0 Å². The maximum absolute atomic E-state index is 13.3. The molecule has 3 unspecified atom stereocenters. The van der Waals surface area contributed by atoms with Gasteiger partial charge in [0.2, 0.25) is 5.78 Å². The molecule has 2 amide bonds. The Morgan fingerprint density at radius 3 is 2.47 bits per heavy atom. The van der Waals surface area contributed by atoms with Gasteiger partial charge in [0.05, 0.1) is 24.0 Å². The molecule has 1 aromatic carbocycles. The van der Waals surface area contributed by atoms with Gasteiger partial charge in [0.15, 0.2) is 5.82 Å². The fraction of sp³-hybridized carbons (Fsp3) is 0.400. The van der Waals surface area contributed by atoms with Gasteiger partial charge in [-0.3, -0.25) is 19.3 Å². The highest BCUT2D eigenvalue weighted by Gasteiger charge is 2.38. The van der Waals surface area contributed by atoms with Crippen LogP contribution in [0.3, 0.4) is 0 Å². The van der Waals surface area contributed by atoms with Crippen molar-refractivity contribution in [2.75, 3.05) is 13.2 Å². The molecule has 3 heterocycles. The first-order valence-corrected chi connectivity index (χ1v) is 14.3. The number of nitrogens with one attached hydrogen (secondary N) is 1. The van der Waals surface area contributed by atoms with E-state index in [0.29, 0.717) is 18.4 Å². The Morgan fingerprint density at radius 2 is 1.78 bits per heavy atom. The lowest BCUT2D eigenvalue weighted by Gasteiger charge is -2.43. The van der Waals surface area contributed by atoms with Gasteiger partial charge < -0.3 is 20.9 Å². The SMILES string of the molecule is NC(=O)C(=O)C(Cc1ccccc1)NC(=O)c1cccnc1-n1ccc(CN2CCOC3CCCCC32)n1.O=C(O)C(F)(F)F. The first-order valence-electron chi connectivity index (χ1n) is 14.3. The summed E-state index contributed by atoms with van der Waals surface area (Å²) >= 11 is 0. The van der Waals surface area contributed by atoms with Crippen LogP contribution in [0, 0.1) is 0 Å². The molecule has 0 bridgehead atoms. The van der Waals surface area contributed by atoms with E-state index < -0.39 is 35.8 Å². The van der Waals surface area contributed by atoms with Crippen LogP contribution in [0.25, 0.3) is 5.82 Å². The highest BCUT2D eigenvalue weighted by Crippen LogP contribution is 2.29. The highest BCUT2D eigenvalue weighted by molar-refractivity contribution is 6.38. The maximum Gasteiger partial charge on any atom is 0.490 e. The Labute approximate surface area is 256 Å². The Morgan fingerprint density at radius 1 is 1.07 bits per heavy atom. The number of carbonyl (C=O) groups is 4. The number of aromatic nitrogens is 3. The summed E-state index contributed by atoms with van der Waals surface area (Å²) in [6.07, 6.45) is 3.36. The standard InChI is InChI=1S/C28H32N6O4.C2HF3O2/c29-26(36)25(35)22(17-19-7-2-1-3-8-19)31-28(37)21-9-6-13-30-27(21)34-14-12-20(32-34)18-33-15-16-38-24-11-5-4-10-23(24)33;3-2(4,5)1(6)7/h1-3,6-9,12-14,22-24H,4-5,10-11,15-18H2,(H2,29,36)(H,31,37);(H,6,7). The molecule has 2 aliphatic rings. The smallest absolute Gasteiger partial charge is 0.475 e. The summed E-state index contributed by atoms with van der Waals surface area (Å²) in [7, 11) is 0. The van der Waals surface area contributed by atoms with Gasteiger partial charge in [-0.1, -0.05) is 43.2 Å². The second kappa shape index (κ2) is 14.9. The number of halogens is 3. The zero-order valence-electron chi connectivity index (χ0n) is 24.2. The van der Waals surface area contributed by atoms with E-state index in [0.717, 1.165) is 37.3 Å². The Kier molecular flexibility index (Phi) is 11.0. The van der Waals surface area contributed by atoms with E-state index in [1.54, 1.807) is 29.2 Å². The first kappa shape index (κ1) is 33.3. The predicted molar refractivity (Wildman–Crippen MR) is 153 cm³/mol. The molecule has 240 valence electrons. The third-order valence-corrected chi connectivity index (χ3v) is 7.49. The molecule has 15 heteroatoms. The van der Waals surface area contributed by atoms with Crippen LogP contribution in [0.15, 0.2) is 60.9 Å². The lowest BCUT2D eigenvalue weighted by molar-refractivity contribution is -0.192. The van der Waals surface area contributed by atoms with E-state index in [9.17, 15) is 27.6 Å². The minimum atomic E-state index is -5.08. The number of Topliss-reactive ketones (excluding diaryl/α,β-unsaturated/α-hetero) is 1. The number of aliphatic carboxylic acids is 1. The van der Waals surface area contributed by atoms with Gasteiger partial charge in [0.25, 0.3) is 11.8 Å². The molecule has 1 aliphatic heterocycles. The van der Waals surface area contributed by atoms with Crippen molar-refractivity contribution in [3.05, 3.63) is 77.7 Å². The number of benzene rings is 1. The van der Waals surface area contributed by atoms with E-state index >= 15 is 0 Å². The van der Waals surface area contributed by atoms with Crippen LogP contribution in [-0.2, 0) is 32.1 Å². The number of carbonyl (C=O) groups excluding carboxylic acids is 3. The number of morpholine rings is 1. The third kappa shape index (κ3) is 8.95. The Bertz CT molecular complexity index is 1500. The number of carboxylic acids is 1. The minimum absolute atomic E-state index is 0.136. The number of fused-ring (bicyclic) bond motifs is 1. The van der Waals surface area contributed by atoms with Crippen LogP contribution < -0.4 is 11.1 Å². The van der Waals surface area contributed by atoms with Gasteiger partial charge in [-0.2, -0.15) is 18.3 Å². The molecule has 0 radical (unpaired) electrons. The summed E-state index contributed by atoms with van der Waals surface area (Å²) in [5.74, 6) is -4.93. The second-order valence-corrected chi connectivity index (χ2v) is 10.6. The number of nitrogens with zero attached hydrogens (tertiary/aromatic N) is 4. The van der Waals surface area contributed by atoms with Crippen molar-refractivity contribution in [1.29, 1.82) is 0 Å². The summed E-state index contributed by atoms with van der Waals surface area (Å²) in [5.41, 5.74) is 7.17. The molecule has 45 heavy (non-hydrogen) atoms. The van der Waals surface area contributed by atoms with Crippen molar-refractivity contribution >= 4 is 23.6 Å². The van der Waals surface area contributed by atoms with Crippen LogP contribution in [0.5, 0.6) is 0 Å². The number of hydrogen-bond donors (Lipinski definition) is 3. The normalized spacial score (nSPS) is 18.9. The molecule has 1 saturated heterocycles. The summed E-state index contributed by atoms with van der Waals surface area (Å²) < 4.78 is 39.3. The van der Waals surface area contributed by atoms with E-state index in [1.165, 1.54) is 12.8 Å². The maximum atomic E-state index is 13.3. The molecule has 2 fully saturated rings.